The molecule has 0 radical (unpaired) electrons. The molecule has 3 rings (SSSR count). The molecule has 0 aliphatic carbocycles. The van der Waals surface area contributed by atoms with Crippen molar-refractivity contribution >= 4 is 15.8 Å². The molecule has 2 aromatic rings. The van der Waals surface area contributed by atoms with Crippen LogP contribution in [0.15, 0.2) is 53.4 Å². The number of fused-ring (bicyclic) bond motifs is 1. The SMILES string of the molecule is CC(=O)c1cccc(S(=O)(=O)N2Cc3ccccc3OC(C)C2)c1. The van der Waals surface area contributed by atoms with Crippen molar-refractivity contribution in [3.63, 3.8) is 0 Å². The second-order valence-corrected chi connectivity index (χ2v) is 7.86. The van der Waals surface area contributed by atoms with Crippen LogP contribution in [0, 0.1) is 0 Å². The summed E-state index contributed by atoms with van der Waals surface area (Å²) in [6, 6.07) is 13.6. The summed E-state index contributed by atoms with van der Waals surface area (Å²) >= 11 is 0. The van der Waals surface area contributed by atoms with Crippen LogP contribution >= 0.6 is 0 Å². The molecule has 6 heteroatoms. The van der Waals surface area contributed by atoms with Crippen LogP contribution in [0.1, 0.15) is 29.8 Å². The fourth-order valence-electron chi connectivity index (χ4n) is 2.75. The van der Waals surface area contributed by atoms with Gasteiger partial charge in [0.15, 0.2) is 5.78 Å². The van der Waals surface area contributed by atoms with Crippen LogP contribution in [0.2, 0.25) is 0 Å². The van der Waals surface area contributed by atoms with E-state index in [-0.39, 0.29) is 29.9 Å². The number of ether oxygens (including phenoxy) is 1. The maximum absolute atomic E-state index is 13.0. The van der Waals surface area contributed by atoms with E-state index in [1.165, 1.54) is 23.4 Å². The van der Waals surface area contributed by atoms with Crippen LogP contribution in [-0.4, -0.2) is 31.2 Å². The number of rotatable bonds is 3. The number of sulfonamides is 1. The Kier molecular flexibility index (Phi) is 4.43. The van der Waals surface area contributed by atoms with E-state index in [9.17, 15) is 13.2 Å². The summed E-state index contributed by atoms with van der Waals surface area (Å²) in [7, 11) is -3.72. The zero-order chi connectivity index (χ0) is 17.3. The molecule has 1 aliphatic rings. The summed E-state index contributed by atoms with van der Waals surface area (Å²) in [5.74, 6) is 0.546. The van der Waals surface area contributed by atoms with Gasteiger partial charge in [-0.1, -0.05) is 30.3 Å². The zero-order valence-electron chi connectivity index (χ0n) is 13.6. The molecule has 0 fully saturated rings. The summed E-state index contributed by atoms with van der Waals surface area (Å²) in [4.78, 5) is 11.7. The first-order chi connectivity index (χ1) is 11.4. The van der Waals surface area contributed by atoms with Gasteiger partial charge in [-0.2, -0.15) is 4.31 Å². The predicted octanol–water partition coefficient (Wildman–Crippen LogP) is 2.86. The lowest BCUT2D eigenvalue weighted by Gasteiger charge is -2.22. The molecule has 24 heavy (non-hydrogen) atoms. The molecule has 5 nitrogen and oxygen atoms in total. The molecular formula is C18H19NO4S. The summed E-state index contributed by atoms with van der Waals surface area (Å²) in [6.07, 6.45) is -0.264. The average Bonchev–Trinajstić information content (AvgIpc) is 2.73. The molecule has 126 valence electrons. The Morgan fingerprint density at radius 1 is 1.17 bits per heavy atom. The predicted molar refractivity (Wildman–Crippen MR) is 90.6 cm³/mol. The molecule has 1 unspecified atom stereocenters. The van der Waals surface area contributed by atoms with Crippen LogP contribution < -0.4 is 4.74 Å². The van der Waals surface area contributed by atoms with Gasteiger partial charge in [0, 0.05) is 17.7 Å². The normalized spacial score (nSPS) is 18.3. The summed E-state index contributed by atoms with van der Waals surface area (Å²) in [6.45, 7) is 3.76. The van der Waals surface area contributed by atoms with E-state index in [4.69, 9.17) is 4.74 Å². The first-order valence-corrected chi connectivity index (χ1v) is 9.17. The molecule has 0 spiro atoms. The number of benzene rings is 2. The van der Waals surface area contributed by atoms with Gasteiger partial charge in [-0.3, -0.25) is 4.79 Å². The first-order valence-electron chi connectivity index (χ1n) is 7.73. The Morgan fingerprint density at radius 3 is 2.67 bits per heavy atom. The zero-order valence-corrected chi connectivity index (χ0v) is 14.4. The van der Waals surface area contributed by atoms with Crippen molar-refractivity contribution in [3.8, 4) is 5.75 Å². The second-order valence-electron chi connectivity index (χ2n) is 5.92. The highest BCUT2D eigenvalue weighted by Crippen LogP contribution is 2.28. The Balaban J connectivity index is 2.00. The van der Waals surface area contributed by atoms with Gasteiger partial charge < -0.3 is 4.74 Å². The molecule has 0 aromatic heterocycles. The van der Waals surface area contributed by atoms with Crippen LogP contribution in [0.4, 0.5) is 0 Å². The van der Waals surface area contributed by atoms with Gasteiger partial charge in [-0.25, -0.2) is 8.42 Å². The van der Waals surface area contributed by atoms with Crippen molar-refractivity contribution in [2.75, 3.05) is 6.54 Å². The Labute approximate surface area is 141 Å². The quantitative estimate of drug-likeness (QED) is 0.803. The molecule has 0 saturated carbocycles. The van der Waals surface area contributed by atoms with E-state index in [2.05, 4.69) is 0 Å². The highest BCUT2D eigenvalue weighted by Gasteiger charge is 2.30. The van der Waals surface area contributed by atoms with Gasteiger partial charge in [-0.15, -0.1) is 0 Å². The summed E-state index contributed by atoms with van der Waals surface area (Å²) in [5, 5.41) is 0. The van der Waals surface area contributed by atoms with Crippen molar-refractivity contribution in [3.05, 3.63) is 59.7 Å². The minimum atomic E-state index is -3.72. The molecule has 0 bridgehead atoms. The Morgan fingerprint density at radius 2 is 1.92 bits per heavy atom. The van der Waals surface area contributed by atoms with E-state index >= 15 is 0 Å². The lowest BCUT2D eigenvalue weighted by atomic mass is 10.2. The van der Waals surface area contributed by atoms with Crippen LogP contribution in [0.3, 0.4) is 0 Å². The molecule has 1 atom stereocenters. The maximum Gasteiger partial charge on any atom is 0.243 e. The Hall–Kier alpha value is -2.18. The fourth-order valence-corrected chi connectivity index (χ4v) is 4.29. The lowest BCUT2D eigenvalue weighted by molar-refractivity contribution is 0.101. The van der Waals surface area contributed by atoms with Crippen molar-refractivity contribution in [1.82, 2.24) is 4.31 Å². The number of Topliss-reactive ketones (excluding diaryl/α,β-unsaturated/α-hetero) is 1. The van der Waals surface area contributed by atoms with Gasteiger partial charge in [0.05, 0.1) is 11.4 Å². The highest BCUT2D eigenvalue weighted by molar-refractivity contribution is 7.89. The van der Waals surface area contributed by atoms with Crippen molar-refractivity contribution in [2.24, 2.45) is 0 Å². The molecular weight excluding hydrogens is 326 g/mol. The van der Waals surface area contributed by atoms with Crippen molar-refractivity contribution in [1.29, 1.82) is 0 Å². The molecule has 1 aliphatic heterocycles. The highest BCUT2D eigenvalue weighted by atomic mass is 32.2. The number of hydrogen-bond donors (Lipinski definition) is 0. The van der Waals surface area contributed by atoms with Crippen LogP contribution in [0.25, 0.3) is 0 Å². The third kappa shape index (κ3) is 3.20. The number of hydrogen-bond acceptors (Lipinski definition) is 4. The number of nitrogens with zero attached hydrogens (tertiary/aromatic N) is 1. The van der Waals surface area contributed by atoms with E-state index in [0.717, 1.165) is 5.56 Å². The van der Waals surface area contributed by atoms with E-state index < -0.39 is 10.0 Å². The number of carbonyl (C=O) groups excluding carboxylic acids is 1. The number of para-hydroxylation sites is 1. The van der Waals surface area contributed by atoms with E-state index in [1.807, 2.05) is 31.2 Å². The molecule has 2 aromatic carbocycles. The molecule has 0 saturated heterocycles. The molecule has 0 N–H and O–H groups in total. The summed E-state index contributed by atoms with van der Waals surface area (Å²) < 4.78 is 33.3. The van der Waals surface area contributed by atoms with E-state index in [1.54, 1.807) is 12.1 Å². The van der Waals surface area contributed by atoms with E-state index in [0.29, 0.717) is 11.3 Å². The topological polar surface area (TPSA) is 63.7 Å². The maximum atomic E-state index is 13.0. The smallest absolute Gasteiger partial charge is 0.243 e. The monoisotopic (exact) mass is 345 g/mol. The van der Waals surface area contributed by atoms with Gasteiger partial charge in [0.1, 0.15) is 11.9 Å². The third-order valence-electron chi connectivity index (χ3n) is 3.99. The minimum absolute atomic E-state index is 0.127. The number of carbonyl (C=O) groups is 1. The van der Waals surface area contributed by atoms with Crippen LogP contribution in [-0.2, 0) is 16.6 Å². The van der Waals surface area contributed by atoms with Crippen molar-refractivity contribution < 1.29 is 17.9 Å². The Bertz CT molecular complexity index is 876. The van der Waals surface area contributed by atoms with Crippen LogP contribution in [0.5, 0.6) is 5.75 Å². The molecule has 0 amide bonds. The minimum Gasteiger partial charge on any atom is -0.489 e. The first kappa shape index (κ1) is 16.7. The lowest BCUT2D eigenvalue weighted by Crippen LogP contribution is -2.36. The van der Waals surface area contributed by atoms with Gasteiger partial charge >= 0.3 is 0 Å². The van der Waals surface area contributed by atoms with Gasteiger partial charge in [0.2, 0.25) is 10.0 Å². The average molecular weight is 345 g/mol. The number of ketones is 1. The molecule has 1 heterocycles. The fraction of sp³-hybridized carbons (Fsp3) is 0.278. The third-order valence-corrected chi connectivity index (χ3v) is 5.79. The standard InChI is InChI=1S/C18H19NO4S/c1-13-11-19(12-16-6-3-4-9-18(16)23-13)24(21,22)17-8-5-7-15(10-17)14(2)20/h3-10,13H,11-12H2,1-2H3. The largest absolute Gasteiger partial charge is 0.489 e. The van der Waals surface area contributed by atoms with Gasteiger partial charge in [-0.05, 0) is 32.0 Å². The van der Waals surface area contributed by atoms with Crippen molar-refractivity contribution in [2.45, 2.75) is 31.4 Å². The van der Waals surface area contributed by atoms with Gasteiger partial charge in [0.25, 0.3) is 0 Å². The summed E-state index contributed by atoms with van der Waals surface area (Å²) in [5.41, 5.74) is 1.21. The second kappa shape index (κ2) is 6.37.